The number of amides is 1. The van der Waals surface area contributed by atoms with Crippen LogP contribution >= 0.6 is 0 Å². The van der Waals surface area contributed by atoms with Crippen LogP contribution in [0.4, 0.5) is 4.79 Å². The minimum atomic E-state index is -0.349. The molecular formula is C13H18N2O2. The number of carbonyl (C=O) groups excluding carboxylic acids is 1. The molecular weight excluding hydrogens is 216 g/mol. The van der Waals surface area contributed by atoms with E-state index in [1.165, 1.54) is 5.69 Å². The molecule has 17 heavy (non-hydrogen) atoms. The van der Waals surface area contributed by atoms with Crippen molar-refractivity contribution in [3.8, 4) is 0 Å². The predicted molar refractivity (Wildman–Crippen MR) is 66.7 cm³/mol. The molecule has 4 heteroatoms. The van der Waals surface area contributed by atoms with E-state index in [9.17, 15) is 4.79 Å². The van der Waals surface area contributed by atoms with Gasteiger partial charge in [-0.25, -0.2) is 4.79 Å². The van der Waals surface area contributed by atoms with E-state index in [1.807, 2.05) is 20.0 Å². The van der Waals surface area contributed by atoms with Gasteiger partial charge in [0.25, 0.3) is 0 Å². The number of hydrogen-bond acceptors (Lipinski definition) is 2. The smallest absolute Gasteiger partial charge is 0.407 e. The monoisotopic (exact) mass is 234 g/mol. The highest BCUT2D eigenvalue weighted by Gasteiger charge is 2.24. The molecule has 0 bridgehead atoms. The minimum absolute atomic E-state index is 0.180. The van der Waals surface area contributed by atoms with E-state index < -0.39 is 0 Å². The quantitative estimate of drug-likeness (QED) is 0.854. The number of fused-ring (bicyclic) bond motifs is 1. The summed E-state index contributed by atoms with van der Waals surface area (Å²) in [6.07, 6.45) is 4.34. The van der Waals surface area contributed by atoms with E-state index in [4.69, 9.17) is 4.74 Å². The highest BCUT2D eigenvalue weighted by atomic mass is 16.6. The Balaban J connectivity index is 2.22. The Kier molecular flexibility index (Phi) is 3.22. The average molecular weight is 234 g/mol. The zero-order valence-corrected chi connectivity index (χ0v) is 10.5. The van der Waals surface area contributed by atoms with Gasteiger partial charge in [-0.1, -0.05) is 12.2 Å². The van der Waals surface area contributed by atoms with Crippen LogP contribution in [0.15, 0.2) is 12.1 Å². The summed E-state index contributed by atoms with van der Waals surface area (Å²) in [5.41, 5.74) is 3.40. The van der Waals surface area contributed by atoms with Gasteiger partial charge in [0.05, 0.1) is 5.69 Å². The van der Waals surface area contributed by atoms with E-state index >= 15 is 0 Å². The minimum Gasteiger partial charge on any atom is -0.439 e. The number of hydrogen-bond donors (Lipinski definition) is 1. The maximum absolute atomic E-state index is 11.5. The molecule has 2 rings (SSSR count). The second kappa shape index (κ2) is 4.65. The molecule has 0 fully saturated rings. The SMILES string of the molecule is CCNC(=O)OC1CC=Cc2cc(C)n(C)c21. The number of nitrogens with one attached hydrogen (secondary N) is 1. The molecule has 0 aromatic carbocycles. The molecule has 1 amide bonds. The van der Waals surface area contributed by atoms with Crippen molar-refractivity contribution in [1.29, 1.82) is 0 Å². The molecule has 0 saturated heterocycles. The number of ether oxygens (including phenoxy) is 1. The van der Waals surface area contributed by atoms with Crippen molar-refractivity contribution in [2.45, 2.75) is 26.4 Å². The Labute approximate surface area is 101 Å². The van der Waals surface area contributed by atoms with Gasteiger partial charge in [-0.3, -0.25) is 0 Å². The molecule has 1 heterocycles. The number of aromatic nitrogens is 1. The topological polar surface area (TPSA) is 43.3 Å². The summed E-state index contributed by atoms with van der Waals surface area (Å²) in [4.78, 5) is 11.5. The largest absolute Gasteiger partial charge is 0.439 e. The highest BCUT2D eigenvalue weighted by Crippen LogP contribution is 2.32. The molecule has 1 aliphatic carbocycles. The first-order valence-corrected chi connectivity index (χ1v) is 5.90. The Morgan fingerprint density at radius 3 is 3.12 bits per heavy atom. The van der Waals surface area contributed by atoms with Crippen molar-refractivity contribution in [2.24, 2.45) is 7.05 Å². The highest BCUT2D eigenvalue weighted by molar-refractivity contribution is 5.68. The van der Waals surface area contributed by atoms with Crippen LogP contribution in [-0.2, 0) is 11.8 Å². The molecule has 1 aromatic rings. The van der Waals surface area contributed by atoms with Crippen LogP contribution in [0.25, 0.3) is 6.08 Å². The van der Waals surface area contributed by atoms with Crippen LogP contribution in [0, 0.1) is 6.92 Å². The van der Waals surface area contributed by atoms with Gasteiger partial charge in [-0.15, -0.1) is 0 Å². The Bertz CT molecular complexity index is 460. The molecule has 4 nitrogen and oxygen atoms in total. The van der Waals surface area contributed by atoms with E-state index in [2.05, 4.69) is 29.0 Å². The van der Waals surface area contributed by atoms with Crippen molar-refractivity contribution in [2.75, 3.05) is 6.54 Å². The number of alkyl carbamates (subject to hydrolysis) is 1. The van der Waals surface area contributed by atoms with Crippen LogP contribution in [0.3, 0.4) is 0 Å². The van der Waals surface area contributed by atoms with Gasteiger partial charge in [0.15, 0.2) is 0 Å². The van der Waals surface area contributed by atoms with Gasteiger partial charge < -0.3 is 14.6 Å². The van der Waals surface area contributed by atoms with Crippen molar-refractivity contribution in [3.63, 3.8) is 0 Å². The molecule has 92 valence electrons. The zero-order valence-electron chi connectivity index (χ0n) is 10.5. The maximum atomic E-state index is 11.5. The normalized spacial score (nSPS) is 17.7. The fraction of sp³-hybridized carbons (Fsp3) is 0.462. The number of nitrogens with zero attached hydrogens (tertiary/aromatic N) is 1. The fourth-order valence-corrected chi connectivity index (χ4v) is 2.16. The average Bonchev–Trinajstić information content (AvgIpc) is 2.56. The van der Waals surface area contributed by atoms with Gasteiger partial charge in [0, 0.05) is 25.7 Å². The zero-order chi connectivity index (χ0) is 12.4. The predicted octanol–water partition coefficient (Wildman–Crippen LogP) is 2.54. The lowest BCUT2D eigenvalue weighted by atomic mass is 10.0. The van der Waals surface area contributed by atoms with Crippen LogP contribution in [-0.4, -0.2) is 17.2 Å². The molecule has 1 N–H and O–H groups in total. The summed E-state index contributed by atoms with van der Waals surface area (Å²) in [7, 11) is 2.00. The summed E-state index contributed by atoms with van der Waals surface area (Å²) in [6.45, 7) is 4.51. The standard InChI is InChI=1S/C13H18N2O2/c1-4-14-13(16)17-11-7-5-6-10-8-9(2)15(3)12(10)11/h5-6,8,11H,4,7H2,1-3H3,(H,14,16). The molecule has 1 atom stereocenters. The van der Waals surface area contributed by atoms with Gasteiger partial charge in [-0.2, -0.15) is 0 Å². The Hall–Kier alpha value is -1.71. The second-order valence-electron chi connectivity index (χ2n) is 4.25. The first-order chi connectivity index (χ1) is 8.13. The van der Waals surface area contributed by atoms with E-state index in [0.29, 0.717) is 6.54 Å². The lowest BCUT2D eigenvalue weighted by Crippen LogP contribution is -2.26. The molecule has 1 unspecified atom stereocenters. The van der Waals surface area contributed by atoms with E-state index in [0.717, 1.165) is 17.7 Å². The summed E-state index contributed by atoms with van der Waals surface area (Å²) in [6, 6.07) is 2.11. The molecule has 0 aliphatic heterocycles. The maximum Gasteiger partial charge on any atom is 0.407 e. The van der Waals surface area contributed by atoms with E-state index in [1.54, 1.807) is 0 Å². The number of rotatable bonds is 2. The summed E-state index contributed by atoms with van der Waals surface area (Å²) in [5, 5.41) is 2.66. The molecule has 0 radical (unpaired) electrons. The van der Waals surface area contributed by atoms with Crippen LogP contribution in [0.1, 0.15) is 36.4 Å². The van der Waals surface area contributed by atoms with Crippen LogP contribution < -0.4 is 5.32 Å². The van der Waals surface area contributed by atoms with Crippen molar-refractivity contribution in [3.05, 3.63) is 29.1 Å². The first-order valence-electron chi connectivity index (χ1n) is 5.90. The van der Waals surface area contributed by atoms with Gasteiger partial charge in [0.2, 0.25) is 0 Å². The molecule has 0 saturated carbocycles. The third-order valence-electron chi connectivity index (χ3n) is 3.07. The summed E-state index contributed by atoms with van der Waals surface area (Å²) < 4.78 is 7.52. The molecule has 1 aliphatic rings. The van der Waals surface area contributed by atoms with Crippen LogP contribution in [0.5, 0.6) is 0 Å². The van der Waals surface area contributed by atoms with Gasteiger partial charge >= 0.3 is 6.09 Å². The van der Waals surface area contributed by atoms with Crippen molar-refractivity contribution >= 4 is 12.2 Å². The van der Waals surface area contributed by atoms with Crippen molar-refractivity contribution < 1.29 is 9.53 Å². The van der Waals surface area contributed by atoms with Gasteiger partial charge in [0.1, 0.15) is 6.10 Å². The number of aryl methyl sites for hydroxylation is 1. The molecule has 1 aromatic heterocycles. The fourth-order valence-electron chi connectivity index (χ4n) is 2.16. The molecule has 0 spiro atoms. The van der Waals surface area contributed by atoms with Gasteiger partial charge in [-0.05, 0) is 25.5 Å². The van der Waals surface area contributed by atoms with Crippen molar-refractivity contribution in [1.82, 2.24) is 9.88 Å². The van der Waals surface area contributed by atoms with E-state index in [-0.39, 0.29) is 12.2 Å². The second-order valence-corrected chi connectivity index (χ2v) is 4.25. The number of carbonyl (C=O) groups is 1. The Morgan fingerprint density at radius 2 is 2.41 bits per heavy atom. The third kappa shape index (κ3) is 2.20. The first kappa shape index (κ1) is 11.8. The lowest BCUT2D eigenvalue weighted by Gasteiger charge is -2.21. The summed E-state index contributed by atoms with van der Waals surface area (Å²) in [5.74, 6) is 0. The summed E-state index contributed by atoms with van der Waals surface area (Å²) >= 11 is 0. The Morgan fingerprint density at radius 1 is 1.65 bits per heavy atom. The van der Waals surface area contributed by atoms with Crippen LogP contribution in [0.2, 0.25) is 0 Å². The lowest BCUT2D eigenvalue weighted by molar-refractivity contribution is 0.0948. The third-order valence-corrected chi connectivity index (χ3v) is 3.07.